The number of benzene rings is 1. The van der Waals surface area contributed by atoms with Gasteiger partial charge in [-0.25, -0.2) is 9.78 Å². The lowest BCUT2D eigenvalue weighted by Gasteiger charge is -2.41. The Kier molecular flexibility index (Phi) is 8.46. The largest absolute Gasteiger partial charge is 0.361 e. The maximum absolute atomic E-state index is 13.4. The van der Waals surface area contributed by atoms with Gasteiger partial charge in [-0.2, -0.15) is 11.8 Å². The van der Waals surface area contributed by atoms with Gasteiger partial charge in [0.1, 0.15) is 12.0 Å². The molecule has 9 nitrogen and oxygen atoms in total. The predicted octanol–water partition coefficient (Wildman–Crippen LogP) is 4.73. The van der Waals surface area contributed by atoms with Crippen LogP contribution in [0.15, 0.2) is 35.8 Å². The number of piperidine rings is 2. The first kappa shape index (κ1) is 28.9. The minimum Gasteiger partial charge on any atom is -0.361 e. The molecule has 0 saturated carbocycles. The van der Waals surface area contributed by atoms with Gasteiger partial charge in [0.05, 0.1) is 17.1 Å². The maximum Gasteiger partial charge on any atom is 0.315 e. The Bertz CT molecular complexity index is 1460. The number of hydrogen-bond donors (Lipinski definition) is 3. The molecule has 0 radical (unpaired) electrons. The first-order chi connectivity index (χ1) is 21.1. The summed E-state index contributed by atoms with van der Waals surface area (Å²) >= 11 is 3.58. The molecule has 4 atom stereocenters. The summed E-state index contributed by atoms with van der Waals surface area (Å²) in [5.74, 6) is 1.83. The van der Waals surface area contributed by atoms with Crippen LogP contribution in [0.5, 0.6) is 0 Å². The van der Waals surface area contributed by atoms with Crippen molar-refractivity contribution in [1.29, 1.82) is 0 Å². The molecule has 3 amide bonds. The second-order valence-electron chi connectivity index (χ2n) is 12.5. The van der Waals surface area contributed by atoms with E-state index in [1.54, 1.807) is 11.3 Å². The van der Waals surface area contributed by atoms with Crippen molar-refractivity contribution in [3.63, 3.8) is 0 Å². The number of unbranched alkanes of at least 4 members (excludes halogenated alkanes) is 1. The fourth-order valence-electron chi connectivity index (χ4n) is 7.68. The number of thiazole rings is 1. The maximum atomic E-state index is 13.4. The van der Waals surface area contributed by atoms with Crippen LogP contribution in [0.25, 0.3) is 10.9 Å². The van der Waals surface area contributed by atoms with Crippen molar-refractivity contribution >= 4 is 52.2 Å². The lowest BCUT2D eigenvalue weighted by molar-refractivity contribution is -0.108. The highest BCUT2D eigenvalue weighted by molar-refractivity contribution is 8.00. The fraction of sp³-hybridized carbons (Fsp3) is 0.562. The summed E-state index contributed by atoms with van der Waals surface area (Å²) in [4.78, 5) is 49.3. The van der Waals surface area contributed by atoms with Gasteiger partial charge in [0.25, 0.3) is 5.91 Å². The molecule has 4 aliphatic heterocycles. The van der Waals surface area contributed by atoms with Crippen molar-refractivity contribution in [2.24, 2.45) is 0 Å². The SMILES string of the molecule is O=CCCC[C@@H]([C@H]1SCC2NC(=O)NC21)N1CCC(c2nc(C(=O)N3CCC(c4c[nH]c5ccccc45)CC3)cs2)CC1. The average Bonchev–Trinajstić information content (AvgIpc) is 3.84. The Morgan fingerprint density at radius 1 is 1.07 bits per heavy atom. The number of nitrogens with zero attached hydrogens (tertiary/aromatic N) is 3. The summed E-state index contributed by atoms with van der Waals surface area (Å²) in [5.41, 5.74) is 3.14. The van der Waals surface area contributed by atoms with Crippen molar-refractivity contribution < 1.29 is 14.4 Å². The van der Waals surface area contributed by atoms with Crippen LogP contribution in [-0.4, -0.2) is 93.3 Å². The normalized spacial score (nSPS) is 25.9. The van der Waals surface area contributed by atoms with E-state index in [-0.39, 0.29) is 24.0 Å². The minimum absolute atomic E-state index is 0.0570. The molecule has 3 N–H and O–H groups in total. The van der Waals surface area contributed by atoms with Crippen LogP contribution in [0.1, 0.15) is 77.8 Å². The smallest absolute Gasteiger partial charge is 0.315 e. The third-order valence-electron chi connectivity index (χ3n) is 10.0. The Labute approximate surface area is 260 Å². The second-order valence-corrected chi connectivity index (χ2v) is 14.6. The topological polar surface area (TPSA) is 110 Å². The number of rotatable bonds is 9. The Morgan fingerprint density at radius 3 is 2.67 bits per heavy atom. The van der Waals surface area contributed by atoms with Crippen molar-refractivity contribution in [3.05, 3.63) is 52.1 Å². The van der Waals surface area contributed by atoms with Crippen molar-refractivity contribution in [1.82, 2.24) is 30.4 Å². The zero-order valence-corrected chi connectivity index (χ0v) is 26.0. The first-order valence-corrected chi connectivity index (χ1v) is 17.7. The molecular formula is C32H40N6O3S2. The lowest BCUT2D eigenvalue weighted by Crippen LogP contribution is -2.52. The average molecular weight is 621 g/mol. The summed E-state index contributed by atoms with van der Waals surface area (Å²) in [7, 11) is 0. The van der Waals surface area contributed by atoms with Crippen molar-refractivity contribution in [3.8, 4) is 0 Å². The molecule has 4 fully saturated rings. The number of aromatic nitrogens is 2. The van der Waals surface area contributed by atoms with Crippen LogP contribution in [0.2, 0.25) is 0 Å². The highest BCUT2D eigenvalue weighted by atomic mass is 32.2. The van der Waals surface area contributed by atoms with Gasteiger partial charge < -0.3 is 25.3 Å². The van der Waals surface area contributed by atoms with E-state index in [0.29, 0.717) is 35.2 Å². The van der Waals surface area contributed by atoms with Crippen LogP contribution >= 0.6 is 23.1 Å². The molecule has 2 unspecified atom stereocenters. The van der Waals surface area contributed by atoms with Gasteiger partial charge in [0, 0.05) is 65.0 Å². The highest BCUT2D eigenvalue weighted by Gasteiger charge is 2.47. The molecule has 0 spiro atoms. The molecule has 0 aliphatic carbocycles. The van der Waals surface area contributed by atoms with Gasteiger partial charge in [-0.05, 0) is 69.2 Å². The molecule has 228 valence electrons. The van der Waals surface area contributed by atoms with Gasteiger partial charge in [0.15, 0.2) is 0 Å². The fourth-order valence-corrected chi connectivity index (χ4v) is 10.4. The summed E-state index contributed by atoms with van der Waals surface area (Å²) in [6, 6.07) is 9.07. The van der Waals surface area contributed by atoms with Gasteiger partial charge in [-0.15, -0.1) is 11.3 Å². The molecule has 43 heavy (non-hydrogen) atoms. The molecule has 3 aromatic rings. The van der Waals surface area contributed by atoms with E-state index in [1.807, 2.05) is 22.0 Å². The molecule has 0 bridgehead atoms. The number of fused-ring (bicyclic) bond motifs is 2. The monoisotopic (exact) mass is 620 g/mol. The number of amides is 3. The standard InChI is InChI=1S/C32H40N6O3S2/c39-16-4-3-7-27(29-28-25(18-42-29)35-32(41)36-28)37-12-10-21(11-13-37)30-34-26(19-43-30)31(40)38-14-8-20(9-15-38)23-17-33-24-6-2-1-5-22(23)24/h1-2,5-6,16-17,19-21,25,27-29,33H,3-4,7-15,18H2,(H2,35,36,41)/t25?,27-,28?,29+/m0/s1. The number of aldehydes is 1. The number of urea groups is 1. The van der Waals surface area contributed by atoms with Crippen molar-refractivity contribution in [2.75, 3.05) is 31.9 Å². The number of carbonyl (C=O) groups is 3. The van der Waals surface area contributed by atoms with Gasteiger partial charge >= 0.3 is 6.03 Å². The Hall–Kier alpha value is -2.89. The van der Waals surface area contributed by atoms with E-state index in [4.69, 9.17) is 4.98 Å². The van der Waals surface area contributed by atoms with E-state index < -0.39 is 0 Å². The zero-order chi connectivity index (χ0) is 29.3. The number of aromatic amines is 1. The van der Waals surface area contributed by atoms with Crippen LogP contribution in [-0.2, 0) is 4.79 Å². The third kappa shape index (κ3) is 5.83. The molecule has 1 aromatic carbocycles. The molecule has 11 heteroatoms. The third-order valence-corrected chi connectivity index (χ3v) is 12.6. The molecular weight excluding hydrogens is 581 g/mol. The molecule has 4 saturated heterocycles. The molecule has 4 aliphatic rings. The summed E-state index contributed by atoms with van der Waals surface area (Å²) in [6.45, 7) is 3.46. The van der Waals surface area contributed by atoms with Gasteiger partial charge in [-0.3, -0.25) is 9.69 Å². The van der Waals surface area contributed by atoms with E-state index >= 15 is 0 Å². The minimum atomic E-state index is -0.0570. The number of nitrogens with one attached hydrogen (secondary N) is 3. The van der Waals surface area contributed by atoms with Crippen LogP contribution in [0.3, 0.4) is 0 Å². The quantitative estimate of drug-likeness (QED) is 0.181. The highest BCUT2D eigenvalue weighted by Crippen LogP contribution is 2.39. The molecule has 7 rings (SSSR count). The zero-order valence-electron chi connectivity index (χ0n) is 24.4. The lowest BCUT2D eigenvalue weighted by atomic mass is 9.89. The first-order valence-electron chi connectivity index (χ1n) is 15.8. The number of para-hydroxylation sites is 1. The van der Waals surface area contributed by atoms with E-state index in [0.717, 1.165) is 81.8 Å². The van der Waals surface area contributed by atoms with Crippen LogP contribution in [0.4, 0.5) is 4.79 Å². The number of likely N-dealkylation sites (tertiary alicyclic amines) is 2. The summed E-state index contributed by atoms with van der Waals surface area (Å²) < 4.78 is 0. The van der Waals surface area contributed by atoms with E-state index in [9.17, 15) is 14.4 Å². The van der Waals surface area contributed by atoms with Crippen LogP contribution in [0, 0.1) is 0 Å². The number of hydrogen-bond acceptors (Lipinski definition) is 7. The second kappa shape index (κ2) is 12.6. The number of thioether (sulfide) groups is 1. The van der Waals surface area contributed by atoms with Crippen molar-refractivity contribution in [2.45, 2.75) is 80.2 Å². The Balaban J connectivity index is 0.944. The number of H-pyrrole nitrogens is 1. The summed E-state index contributed by atoms with van der Waals surface area (Å²) in [5, 5.41) is 10.9. The van der Waals surface area contributed by atoms with Gasteiger partial charge in [0.2, 0.25) is 0 Å². The predicted molar refractivity (Wildman–Crippen MR) is 171 cm³/mol. The summed E-state index contributed by atoms with van der Waals surface area (Å²) in [6.07, 6.45) is 9.54. The van der Waals surface area contributed by atoms with Gasteiger partial charge in [-0.1, -0.05) is 18.2 Å². The molecule has 6 heterocycles. The Morgan fingerprint density at radius 2 is 1.86 bits per heavy atom. The number of carbonyl (C=O) groups excluding carboxylic acids is 3. The van der Waals surface area contributed by atoms with E-state index in [2.05, 4.69) is 51.0 Å². The van der Waals surface area contributed by atoms with E-state index in [1.165, 1.54) is 16.5 Å². The van der Waals surface area contributed by atoms with Crippen LogP contribution < -0.4 is 10.6 Å². The molecule has 2 aromatic heterocycles.